The van der Waals surface area contributed by atoms with Crippen LogP contribution in [0.2, 0.25) is 0 Å². The van der Waals surface area contributed by atoms with E-state index in [1.807, 2.05) is 0 Å². The Morgan fingerprint density at radius 1 is 1.28 bits per heavy atom. The number of nitrogens with zero attached hydrogens (tertiary/aromatic N) is 2. The van der Waals surface area contributed by atoms with Crippen molar-refractivity contribution in [3.8, 4) is 0 Å². The summed E-state index contributed by atoms with van der Waals surface area (Å²) in [4.78, 5) is 22.7. The van der Waals surface area contributed by atoms with Crippen LogP contribution < -0.4 is 10.2 Å². The molecular weight excluding hydrogens is 234 g/mol. The summed E-state index contributed by atoms with van der Waals surface area (Å²) in [6.07, 6.45) is 2.54. The van der Waals surface area contributed by atoms with E-state index in [-0.39, 0.29) is 11.7 Å². The zero-order valence-corrected chi connectivity index (χ0v) is 9.91. The number of nitro groups is 1. The van der Waals surface area contributed by atoms with Gasteiger partial charge in [0.05, 0.1) is 4.92 Å². The minimum Gasteiger partial charge on any atom is -0.371 e. The second-order valence-electron chi connectivity index (χ2n) is 4.32. The van der Waals surface area contributed by atoms with Gasteiger partial charge in [-0.15, -0.1) is 0 Å². The predicted molar refractivity (Wildman–Crippen MR) is 67.5 cm³/mol. The van der Waals surface area contributed by atoms with E-state index in [1.54, 1.807) is 12.1 Å². The lowest BCUT2D eigenvalue weighted by atomic mass is 10.0. The Morgan fingerprint density at radius 2 is 1.89 bits per heavy atom. The second-order valence-corrected chi connectivity index (χ2v) is 4.32. The Bertz CT molecular complexity index is 425. The van der Waals surface area contributed by atoms with Crippen molar-refractivity contribution in [2.24, 2.45) is 0 Å². The summed E-state index contributed by atoms with van der Waals surface area (Å²) in [5.41, 5.74) is 1.10. The zero-order chi connectivity index (χ0) is 13.0. The van der Waals surface area contributed by atoms with Crippen LogP contribution in [0.3, 0.4) is 0 Å². The number of rotatable bonds is 4. The fraction of sp³-hybridized carbons (Fsp3) is 0.417. The lowest BCUT2D eigenvalue weighted by Gasteiger charge is -2.33. The highest BCUT2D eigenvalue weighted by Crippen LogP contribution is 2.22. The molecule has 1 aromatic carbocycles. The first-order valence-corrected chi connectivity index (χ1v) is 5.90. The quantitative estimate of drug-likeness (QED) is 0.496. The molecular formula is C12H15N3O3. The van der Waals surface area contributed by atoms with Crippen molar-refractivity contribution < 1.29 is 9.72 Å². The highest BCUT2D eigenvalue weighted by molar-refractivity contribution is 5.51. The number of non-ortho nitro benzene ring substituents is 1. The third kappa shape index (κ3) is 2.77. The first-order valence-electron chi connectivity index (χ1n) is 5.90. The van der Waals surface area contributed by atoms with E-state index in [2.05, 4.69) is 10.2 Å². The molecule has 1 saturated heterocycles. The van der Waals surface area contributed by atoms with Crippen molar-refractivity contribution in [3.63, 3.8) is 0 Å². The molecule has 0 saturated carbocycles. The van der Waals surface area contributed by atoms with Crippen molar-refractivity contribution in [1.82, 2.24) is 5.32 Å². The lowest BCUT2D eigenvalue weighted by Crippen LogP contribution is -2.42. The fourth-order valence-corrected chi connectivity index (χ4v) is 2.19. The van der Waals surface area contributed by atoms with E-state index in [9.17, 15) is 14.9 Å². The summed E-state index contributed by atoms with van der Waals surface area (Å²) in [5.74, 6) is 0. The van der Waals surface area contributed by atoms with Crippen LogP contribution in [0.1, 0.15) is 12.8 Å². The lowest BCUT2D eigenvalue weighted by molar-refractivity contribution is -0.384. The molecule has 18 heavy (non-hydrogen) atoms. The van der Waals surface area contributed by atoms with Gasteiger partial charge in [-0.1, -0.05) is 0 Å². The van der Waals surface area contributed by atoms with E-state index in [4.69, 9.17) is 0 Å². The van der Waals surface area contributed by atoms with Gasteiger partial charge in [-0.3, -0.25) is 14.9 Å². The fourth-order valence-electron chi connectivity index (χ4n) is 2.19. The molecule has 1 fully saturated rings. The number of anilines is 1. The third-order valence-electron chi connectivity index (χ3n) is 3.22. The predicted octanol–water partition coefficient (Wildman–Crippen LogP) is 1.31. The van der Waals surface area contributed by atoms with Crippen molar-refractivity contribution in [2.75, 3.05) is 18.0 Å². The highest BCUT2D eigenvalue weighted by Gasteiger charge is 2.19. The van der Waals surface area contributed by atoms with Gasteiger partial charge >= 0.3 is 0 Å². The first-order chi connectivity index (χ1) is 8.70. The Morgan fingerprint density at radius 3 is 2.39 bits per heavy atom. The van der Waals surface area contributed by atoms with Crippen LogP contribution in [-0.4, -0.2) is 30.5 Å². The molecule has 96 valence electrons. The number of hydrogen-bond acceptors (Lipinski definition) is 4. The van der Waals surface area contributed by atoms with Gasteiger partial charge in [-0.05, 0) is 25.0 Å². The van der Waals surface area contributed by atoms with Gasteiger partial charge in [0.15, 0.2) is 0 Å². The molecule has 1 N–H and O–H groups in total. The van der Waals surface area contributed by atoms with Crippen LogP contribution in [0.15, 0.2) is 24.3 Å². The number of benzene rings is 1. The van der Waals surface area contributed by atoms with Crippen LogP contribution in [0.25, 0.3) is 0 Å². The van der Waals surface area contributed by atoms with Crippen LogP contribution in [0, 0.1) is 10.1 Å². The topological polar surface area (TPSA) is 75.5 Å². The first kappa shape index (κ1) is 12.3. The van der Waals surface area contributed by atoms with E-state index in [1.165, 1.54) is 12.1 Å². The standard InChI is InChI=1S/C12H15N3O3/c16-9-13-10-5-7-14(8-6-10)11-1-3-12(4-2-11)15(17)18/h1-4,9-10H,5-8H2,(H,13,16). The van der Waals surface area contributed by atoms with Crippen LogP contribution >= 0.6 is 0 Å². The molecule has 0 radical (unpaired) electrons. The van der Waals surface area contributed by atoms with Crippen molar-refractivity contribution in [1.29, 1.82) is 0 Å². The molecule has 0 bridgehead atoms. The summed E-state index contributed by atoms with van der Waals surface area (Å²) >= 11 is 0. The summed E-state index contributed by atoms with van der Waals surface area (Å²) in [6, 6.07) is 6.82. The smallest absolute Gasteiger partial charge is 0.269 e. The molecule has 1 heterocycles. The average Bonchev–Trinajstić information content (AvgIpc) is 2.40. The van der Waals surface area contributed by atoms with Crippen LogP contribution in [-0.2, 0) is 4.79 Å². The van der Waals surface area contributed by atoms with Crippen molar-refractivity contribution in [3.05, 3.63) is 34.4 Å². The van der Waals surface area contributed by atoms with Gasteiger partial charge in [0.25, 0.3) is 5.69 Å². The van der Waals surface area contributed by atoms with Crippen molar-refractivity contribution >= 4 is 17.8 Å². The molecule has 0 aliphatic carbocycles. The number of carbonyl (C=O) groups is 1. The third-order valence-corrected chi connectivity index (χ3v) is 3.22. The molecule has 1 aliphatic rings. The zero-order valence-electron chi connectivity index (χ0n) is 9.91. The molecule has 0 unspecified atom stereocenters. The molecule has 0 spiro atoms. The molecule has 6 heteroatoms. The maximum atomic E-state index is 10.6. The Balaban J connectivity index is 1.97. The van der Waals surface area contributed by atoms with Gasteiger partial charge in [0, 0.05) is 37.0 Å². The van der Waals surface area contributed by atoms with E-state index in [0.717, 1.165) is 38.0 Å². The van der Waals surface area contributed by atoms with Gasteiger partial charge < -0.3 is 10.2 Å². The molecule has 6 nitrogen and oxygen atoms in total. The SMILES string of the molecule is O=CNC1CCN(c2ccc([N+](=O)[O-])cc2)CC1. The van der Waals surface area contributed by atoms with Crippen molar-refractivity contribution in [2.45, 2.75) is 18.9 Å². The number of nitro benzene ring substituents is 1. The average molecular weight is 249 g/mol. The Kier molecular flexibility index (Phi) is 3.76. The minimum atomic E-state index is -0.399. The van der Waals surface area contributed by atoms with Crippen LogP contribution in [0.5, 0.6) is 0 Å². The molecule has 1 aromatic rings. The van der Waals surface area contributed by atoms with Gasteiger partial charge in [0.1, 0.15) is 0 Å². The molecule has 0 aromatic heterocycles. The Labute approximate surface area is 105 Å². The number of piperidine rings is 1. The summed E-state index contributed by atoms with van der Waals surface area (Å²) in [5, 5.41) is 13.3. The van der Waals surface area contributed by atoms with Crippen LogP contribution in [0.4, 0.5) is 11.4 Å². The highest BCUT2D eigenvalue weighted by atomic mass is 16.6. The summed E-state index contributed by atoms with van der Waals surface area (Å²) in [7, 11) is 0. The second kappa shape index (κ2) is 5.48. The Hall–Kier alpha value is -2.11. The maximum absolute atomic E-state index is 10.6. The van der Waals surface area contributed by atoms with E-state index in [0.29, 0.717) is 0 Å². The minimum absolute atomic E-state index is 0.108. The number of nitrogens with one attached hydrogen (secondary N) is 1. The normalized spacial score (nSPS) is 16.3. The monoisotopic (exact) mass is 249 g/mol. The maximum Gasteiger partial charge on any atom is 0.269 e. The number of amides is 1. The number of hydrogen-bond donors (Lipinski definition) is 1. The van der Waals surface area contributed by atoms with Gasteiger partial charge in [-0.25, -0.2) is 0 Å². The molecule has 2 rings (SSSR count). The molecule has 1 aliphatic heterocycles. The van der Waals surface area contributed by atoms with Gasteiger partial charge in [0.2, 0.25) is 6.41 Å². The van der Waals surface area contributed by atoms with E-state index >= 15 is 0 Å². The largest absolute Gasteiger partial charge is 0.371 e. The van der Waals surface area contributed by atoms with E-state index < -0.39 is 4.92 Å². The molecule has 0 atom stereocenters. The summed E-state index contributed by atoms with van der Waals surface area (Å²) in [6.45, 7) is 1.70. The summed E-state index contributed by atoms with van der Waals surface area (Å²) < 4.78 is 0. The molecule has 1 amide bonds. The van der Waals surface area contributed by atoms with Gasteiger partial charge in [-0.2, -0.15) is 0 Å². The number of carbonyl (C=O) groups excluding carboxylic acids is 1.